The molecule has 0 amide bonds. The van der Waals surface area contributed by atoms with E-state index < -0.39 is 0 Å². The molecule has 2 atom stereocenters. The smallest absolute Gasteiger partial charge is 0.0726 e. The van der Waals surface area contributed by atoms with Gasteiger partial charge in [0.2, 0.25) is 0 Å². The van der Waals surface area contributed by atoms with Gasteiger partial charge >= 0.3 is 0 Å². The molecule has 0 spiro atoms. The van der Waals surface area contributed by atoms with Crippen molar-refractivity contribution < 1.29 is 4.74 Å². The van der Waals surface area contributed by atoms with E-state index in [0.717, 1.165) is 25.7 Å². The first kappa shape index (κ1) is 12.9. The van der Waals surface area contributed by atoms with Crippen molar-refractivity contribution in [2.75, 3.05) is 18.0 Å². The second kappa shape index (κ2) is 5.51. The Balaban J connectivity index is 1.60. The summed E-state index contributed by atoms with van der Waals surface area (Å²) in [5.74, 6) is 0. The third-order valence-electron chi connectivity index (χ3n) is 3.89. The summed E-state index contributed by atoms with van der Waals surface area (Å²) in [6, 6.07) is 9.76. The highest BCUT2D eigenvalue weighted by Crippen LogP contribution is 2.22. The molecule has 3 rings (SSSR count). The van der Waals surface area contributed by atoms with Gasteiger partial charge in [0, 0.05) is 31.4 Å². The molecule has 0 bridgehead atoms. The van der Waals surface area contributed by atoms with E-state index in [1.807, 2.05) is 0 Å². The summed E-state index contributed by atoms with van der Waals surface area (Å²) in [5, 5.41) is 3.55. The lowest BCUT2D eigenvalue weighted by atomic mass is 10.1. The zero-order valence-corrected chi connectivity index (χ0v) is 11.9. The summed E-state index contributed by atoms with van der Waals surface area (Å²) in [6.45, 7) is 7.28. The molecular weight excluding hydrogens is 236 g/mol. The maximum absolute atomic E-state index is 5.78. The van der Waals surface area contributed by atoms with Gasteiger partial charge in [-0.25, -0.2) is 0 Å². The van der Waals surface area contributed by atoms with Crippen molar-refractivity contribution in [2.45, 2.75) is 51.5 Å². The topological polar surface area (TPSA) is 24.5 Å². The van der Waals surface area contributed by atoms with E-state index in [1.165, 1.54) is 24.1 Å². The number of hydrogen-bond donors (Lipinski definition) is 1. The Morgan fingerprint density at radius 2 is 1.74 bits per heavy atom. The van der Waals surface area contributed by atoms with Crippen LogP contribution in [0.4, 0.5) is 5.69 Å². The van der Waals surface area contributed by atoms with Gasteiger partial charge in [0.15, 0.2) is 0 Å². The first-order valence-electron chi connectivity index (χ1n) is 7.43. The lowest BCUT2D eigenvalue weighted by Gasteiger charge is -2.36. The minimum absolute atomic E-state index is 0.319. The number of nitrogens with zero attached hydrogens (tertiary/aromatic N) is 1. The lowest BCUT2D eigenvalue weighted by molar-refractivity contribution is -0.00521. The van der Waals surface area contributed by atoms with Gasteiger partial charge < -0.3 is 15.0 Å². The average Bonchev–Trinajstić information content (AvgIpc) is 3.20. The van der Waals surface area contributed by atoms with Crippen LogP contribution in [0.15, 0.2) is 24.3 Å². The molecule has 1 aromatic carbocycles. The fourth-order valence-corrected chi connectivity index (χ4v) is 2.76. The van der Waals surface area contributed by atoms with E-state index >= 15 is 0 Å². The molecule has 0 aromatic heterocycles. The van der Waals surface area contributed by atoms with E-state index in [0.29, 0.717) is 12.2 Å². The Labute approximate surface area is 115 Å². The Morgan fingerprint density at radius 3 is 2.32 bits per heavy atom. The van der Waals surface area contributed by atoms with Crippen LogP contribution in [0.5, 0.6) is 0 Å². The van der Waals surface area contributed by atoms with Crippen molar-refractivity contribution in [3.63, 3.8) is 0 Å². The highest BCUT2D eigenvalue weighted by atomic mass is 16.5. The molecule has 3 nitrogen and oxygen atoms in total. The molecule has 2 unspecified atom stereocenters. The summed E-state index contributed by atoms with van der Waals surface area (Å²) in [7, 11) is 0. The number of anilines is 1. The quantitative estimate of drug-likeness (QED) is 0.900. The van der Waals surface area contributed by atoms with Crippen molar-refractivity contribution in [1.82, 2.24) is 5.32 Å². The van der Waals surface area contributed by atoms with Gasteiger partial charge in [0.1, 0.15) is 0 Å². The van der Waals surface area contributed by atoms with E-state index in [4.69, 9.17) is 4.74 Å². The number of rotatable bonds is 4. The van der Waals surface area contributed by atoms with Gasteiger partial charge in [0.05, 0.1) is 12.2 Å². The van der Waals surface area contributed by atoms with E-state index in [1.54, 1.807) is 0 Å². The average molecular weight is 260 g/mol. The SMILES string of the molecule is CC1CN(c2ccc(CNC3CC3)cc2)CC(C)O1. The molecule has 104 valence electrons. The fraction of sp³-hybridized carbons (Fsp3) is 0.625. The Hall–Kier alpha value is -1.06. The van der Waals surface area contributed by atoms with Gasteiger partial charge in [-0.05, 0) is 44.4 Å². The summed E-state index contributed by atoms with van der Waals surface area (Å²) < 4.78 is 5.78. The molecule has 1 saturated carbocycles. The second-order valence-electron chi connectivity index (χ2n) is 5.98. The van der Waals surface area contributed by atoms with Gasteiger partial charge in [-0.15, -0.1) is 0 Å². The minimum atomic E-state index is 0.319. The van der Waals surface area contributed by atoms with Gasteiger partial charge in [0.25, 0.3) is 0 Å². The van der Waals surface area contributed by atoms with Gasteiger partial charge in [-0.1, -0.05) is 12.1 Å². The molecule has 1 saturated heterocycles. The highest BCUT2D eigenvalue weighted by molar-refractivity contribution is 5.48. The fourth-order valence-electron chi connectivity index (χ4n) is 2.76. The molecule has 2 fully saturated rings. The largest absolute Gasteiger partial charge is 0.372 e. The van der Waals surface area contributed by atoms with Crippen molar-refractivity contribution in [3.05, 3.63) is 29.8 Å². The molecule has 1 aliphatic heterocycles. The van der Waals surface area contributed by atoms with Gasteiger partial charge in [-0.3, -0.25) is 0 Å². The van der Waals surface area contributed by atoms with Crippen LogP contribution >= 0.6 is 0 Å². The Kier molecular flexibility index (Phi) is 3.76. The molecule has 3 heteroatoms. The molecular formula is C16H24N2O. The van der Waals surface area contributed by atoms with Crippen LogP contribution in [0, 0.1) is 0 Å². The number of benzene rings is 1. The molecule has 1 heterocycles. The van der Waals surface area contributed by atoms with Crippen LogP contribution in [-0.4, -0.2) is 31.3 Å². The standard InChI is InChI=1S/C16H24N2O/c1-12-10-18(11-13(2)19-12)16-7-3-14(4-8-16)9-17-15-5-6-15/h3-4,7-8,12-13,15,17H,5-6,9-11H2,1-2H3. The zero-order valence-electron chi connectivity index (χ0n) is 11.9. The van der Waals surface area contributed by atoms with Crippen LogP contribution in [-0.2, 0) is 11.3 Å². The number of nitrogens with one attached hydrogen (secondary N) is 1. The van der Waals surface area contributed by atoms with Crippen LogP contribution in [0.3, 0.4) is 0 Å². The van der Waals surface area contributed by atoms with Crippen LogP contribution in [0.1, 0.15) is 32.3 Å². The molecule has 2 aliphatic rings. The minimum Gasteiger partial charge on any atom is -0.372 e. The highest BCUT2D eigenvalue weighted by Gasteiger charge is 2.22. The monoisotopic (exact) mass is 260 g/mol. The summed E-state index contributed by atoms with van der Waals surface area (Å²) >= 11 is 0. The normalized spacial score (nSPS) is 27.6. The first-order chi connectivity index (χ1) is 9.20. The Morgan fingerprint density at radius 1 is 1.11 bits per heavy atom. The summed E-state index contributed by atoms with van der Waals surface area (Å²) in [4.78, 5) is 2.43. The number of hydrogen-bond acceptors (Lipinski definition) is 3. The van der Waals surface area contributed by atoms with Crippen LogP contribution < -0.4 is 10.2 Å². The molecule has 0 radical (unpaired) electrons. The predicted molar refractivity (Wildman–Crippen MR) is 78.5 cm³/mol. The van der Waals surface area contributed by atoms with Crippen molar-refractivity contribution in [2.24, 2.45) is 0 Å². The van der Waals surface area contributed by atoms with E-state index in [2.05, 4.69) is 48.3 Å². The predicted octanol–water partition coefficient (Wildman–Crippen LogP) is 2.55. The summed E-state index contributed by atoms with van der Waals surface area (Å²) in [6.07, 6.45) is 3.34. The maximum atomic E-state index is 5.78. The van der Waals surface area contributed by atoms with Crippen molar-refractivity contribution >= 4 is 5.69 Å². The van der Waals surface area contributed by atoms with Crippen LogP contribution in [0.2, 0.25) is 0 Å². The maximum Gasteiger partial charge on any atom is 0.0726 e. The molecule has 1 aliphatic carbocycles. The first-order valence-corrected chi connectivity index (χ1v) is 7.43. The molecule has 1 aromatic rings. The third kappa shape index (κ3) is 3.48. The summed E-state index contributed by atoms with van der Waals surface area (Å²) in [5.41, 5.74) is 2.70. The number of ether oxygens (including phenoxy) is 1. The molecule has 19 heavy (non-hydrogen) atoms. The third-order valence-corrected chi connectivity index (χ3v) is 3.89. The second-order valence-corrected chi connectivity index (χ2v) is 5.98. The van der Waals surface area contributed by atoms with Gasteiger partial charge in [-0.2, -0.15) is 0 Å². The van der Waals surface area contributed by atoms with Crippen molar-refractivity contribution in [3.8, 4) is 0 Å². The molecule has 1 N–H and O–H groups in total. The lowest BCUT2D eigenvalue weighted by Crippen LogP contribution is -2.45. The number of morpholine rings is 1. The van der Waals surface area contributed by atoms with E-state index in [-0.39, 0.29) is 0 Å². The zero-order chi connectivity index (χ0) is 13.2. The van der Waals surface area contributed by atoms with E-state index in [9.17, 15) is 0 Å². The van der Waals surface area contributed by atoms with Crippen LogP contribution in [0.25, 0.3) is 0 Å². The van der Waals surface area contributed by atoms with Crippen molar-refractivity contribution in [1.29, 1.82) is 0 Å². The Bertz CT molecular complexity index is 403.